The lowest BCUT2D eigenvalue weighted by atomic mass is 9.84. The molecule has 0 aliphatic carbocycles. The fourth-order valence-electron chi connectivity index (χ4n) is 5.04. The Kier molecular flexibility index (Phi) is 12.1. The third-order valence-corrected chi connectivity index (χ3v) is 7.41. The summed E-state index contributed by atoms with van der Waals surface area (Å²) >= 11 is 0. The van der Waals surface area contributed by atoms with Gasteiger partial charge in [-0.3, -0.25) is 9.59 Å². The summed E-state index contributed by atoms with van der Waals surface area (Å²) in [7, 11) is 3.29. The number of rotatable bonds is 16. The smallest absolute Gasteiger partial charge is 0.223 e. The Balaban J connectivity index is 1.66. The summed E-state index contributed by atoms with van der Waals surface area (Å²) in [5.41, 5.74) is 4.69. The number of hydrogen-bond donors (Lipinski definition) is 1. The number of nitrogens with one attached hydrogen (secondary N) is 1. The summed E-state index contributed by atoms with van der Waals surface area (Å²) in [6.07, 6.45) is 7.96. The van der Waals surface area contributed by atoms with Crippen molar-refractivity contribution in [1.29, 1.82) is 0 Å². The van der Waals surface area contributed by atoms with Gasteiger partial charge in [0.1, 0.15) is 11.5 Å². The van der Waals surface area contributed by atoms with E-state index in [1.54, 1.807) is 14.2 Å². The van der Waals surface area contributed by atoms with Gasteiger partial charge in [-0.1, -0.05) is 99.3 Å². The number of methoxy groups -OCH3 is 1. The first-order valence-electron chi connectivity index (χ1n) is 14.1. The molecule has 1 N–H and O–H groups in total. The summed E-state index contributed by atoms with van der Waals surface area (Å²) in [6.45, 7) is 2.20. The minimum absolute atomic E-state index is 0.0244. The van der Waals surface area contributed by atoms with Crippen LogP contribution >= 0.6 is 0 Å². The monoisotopic (exact) mass is 513 g/mol. The van der Waals surface area contributed by atoms with Crippen molar-refractivity contribution in [1.82, 2.24) is 5.32 Å². The van der Waals surface area contributed by atoms with Crippen LogP contribution in [0.3, 0.4) is 0 Å². The number of unbranched alkanes of at least 4 members (excludes halogenated alkanes) is 3. The Morgan fingerprint density at radius 1 is 0.763 bits per heavy atom. The Morgan fingerprint density at radius 3 is 2.05 bits per heavy atom. The van der Waals surface area contributed by atoms with Crippen LogP contribution in [-0.2, 0) is 22.4 Å². The van der Waals surface area contributed by atoms with Gasteiger partial charge in [-0.25, -0.2) is 0 Å². The van der Waals surface area contributed by atoms with E-state index in [1.165, 1.54) is 29.5 Å². The first-order chi connectivity index (χ1) is 18.5. The Morgan fingerprint density at radius 2 is 1.42 bits per heavy atom. The predicted octanol–water partition coefficient (Wildman–Crippen LogP) is 7.45. The van der Waals surface area contributed by atoms with Gasteiger partial charge in [-0.2, -0.15) is 0 Å². The molecule has 0 fully saturated rings. The molecule has 0 aromatic heterocycles. The summed E-state index contributed by atoms with van der Waals surface area (Å²) in [5, 5.41) is 2.77. The fraction of sp³-hybridized carbons (Fsp3) is 0.412. The zero-order valence-corrected chi connectivity index (χ0v) is 23.2. The Bertz CT molecular complexity index is 1110. The van der Waals surface area contributed by atoms with Gasteiger partial charge >= 0.3 is 0 Å². The molecule has 0 saturated carbocycles. The molecule has 0 radical (unpaired) electrons. The molecule has 38 heavy (non-hydrogen) atoms. The van der Waals surface area contributed by atoms with E-state index >= 15 is 0 Å². The van der Waals surface area contributed by atoms with Gasteiger partial charge in [0.15, 0.2) is 0 Å². The summed E-state index contributed by atoms with van der Waals surface area (Å²) in [5.74, 6) is 0.526. The zero-order chi connectivity index (χ0) is 27.2. The maximum Gasteiger partial charge on any atom is 0.223 e. The van der Waals surface area contributed by atoms with Crippen LogP contribution in [0.2, 0.25) is 0 Å². The Labute approximate surface area is 228 Å². The molecule has 0 saturated heterocycles. The first-order valence-corrected chi connectivity index (χ1v) is 14.1. The number of ether oxygens (including phenoxy) is 1. The summed E-state index contributed by atoms with van der Waals surface area (Å²) in [6, 6.07) is 26.8. The van der Waals surface area contributed by atoms with Gasteiger partial charge in [0.25, 0.3) is 0 Å². The van der Waals surface area contributed by atoms with Crippen LogP contribution in [0.1, 0.15) is 63.0 Å². The van der Waals surface area contributed by atoms with Gasteiger partial charge in [0.2, 0.25) is 5.91 Å². The summed E-state index contributed by atoms with van der Waals surface area (Å²) < 4.78 is 5.25. The summed E-state index contributed by atoms with van der Waals surface area (Å²) in [4.78, 5) is 26.3. The molecule has 0 unspecified atom stereocenters. The van der Waals surface area contributed by atoms with Crippen molar-refractivity contribution in [2.24, 2.45) is 11.8 Å². The van der Waals surface area contributed by atoms with Gasteiger partial charge < -0.3 is 10.1 Å². The molecule has 1 amide bonds. The highest BCUT2D eigenvalue weighted by atomic mass is 16.5. The average molecular weight is 514 g/mol. The van der Waals surface area contributed by atoms with Crippen molar-refractivity contribution in [3.8, 4) is 16.9 Å². The molecular formula is C34H43NO3. The van der Waals surface area contributed by atoms with Crippen molar-refractivity contribution in [3.63, 3.8) is 0 Å². The highest BCUT2D eigenvalue weighted by Crippen LogP contribution is 2.25. The van der Waals surface area contributed by atoms with E-state index in [4.69, 9.17) is 4.74 Å². The second kappa shape index (κ2) is 15.8. The van der Waals surface area contributed by atoms with Crippen molar-refractivity contribution < 1.29 is 14.3 Å². The van der Waals surface area contributed by atoms with Crippen LogP contribution in [-0.4, -0.2) is 25.8 Å². The number of hydrogen-bond acceptors (Lipinski definition) is 3. The minimum atomic E-state index is -0.371. The van der Waals surface area contributed by atoms with E-state index in [2.05, 4.69) is 60.8 Å². The van der Waals surface area contributed by atoms with Gasteiger partial charge in [0, 0.05) is 25.3 Å². The molecule has 4 heteroatoms. The van der Waals surface area contributed by atoms with Gasteiger partial charge in [-0.05, 0) is 60.1 Å². The maximum atomic E-state index is 13.6. The highest BCUT2D eigenvalue weighted by Gasteiger charge is 2.26. The lowest BCUT2D eigenvalue weighted by Gasteiger charge is -2.20. The standard InChI is InChI=1S/C34H43NO3/c1-4-5-6-8-13-30(21-16-26-14-19-29(20-15-26)28-11-9-7-10-12-28)33(36)25-31(34(37)35-2)24-27-17-22-32(38-3)23-18-27/h7,9-12,14-15,17-20,22-23,30-31H,4-6,8,13,16,21,24-25H2,1-3H3,(H,35,37)/t30-,31+/m0/s1. The van der Waals surface area contributed by atoms with E-state index in [-0.39, 0.29) is 29.9 Å². The van der Waals surface area contributed by atoms with Crippen LogP contribution in [0.4, 0.5) is 0 Å². The molecule has 3 rings (SSSR count). The third kappa shape index (κ3) is 9.16. The number of benzene rings is 3. The maximum absolute atomic E-state index is 13.6. The normalized spacial score (nSPS) is 12.5. The molecule has 3 aromatic carbocycles. The molecular weight excluding hydrogens is 470 g/mol. The predicted molar refractivity (Wildman–Crippen MR) is 156 cm³/mol. The molecule has 0 spiro atoms. The van der Waals surface area contributed by atoms with Crippen LogP contribution < -0.4 is 10.1 Å². The fourth-order valence-corrected chi connectivity index (χ4v) is 5.04. The molecule has 0 aliphatic rings. The molecule has 3 aromatic rings. The number of amides is 1. The number of ketones is 1. The van der Waals surface area contributed by atoms with Gasteiger partial charge in [-0.15, -0.1) is 0 Å². The average Bonchev–Trinajstić information content (AvgIpc) is 2.97. The van der Waals surface area contributed by atoms with Crippen LogP contribution in [0.5, 0.6) is 5.75 Å². The van der Waals surface area contributed by atoms with Crippen LogP contribution in [0, 0.1) is 11.8 Å². The van der Waals surface area contributed by atoms with Crippen molar-refractivity contribution in [2.75, 3.05) is 14.2 Å². The van der Waals surface area contributed by atoms with E-state index in [0.717, 1.165) is 43.4 Å². The molecule has 202 valence electrons. The molecule has 4 nitrogen and oxygen atoms in total. The van der Waals surface area contributed by atoms with E-state index in [9.17, 15) is 9.59 Å². The number of carbonyl (C=O) groups excluding carboxylic acids is 2. The SMILES string of the molecule is CCCCCC[C@@H](CCc1ccc(-c2ccccc2)cc1)C(=O)C[C@@H](Cc1ccc(OC)cc1)C(=O)NC. The van der Waals surface area contributed by atoms with Crippen LogP contribution in [0.15, 0.2) is 78.9 Å². The molecule has 0 aliphatic heterocycles. The van der Waals surface area contributed by atoms with E-state index < -0.39 is 0 Å². The number of Topliss-reactive ketones (excluding diaryl/α,β-unsaturated/α-hetero) is 1. The second-order valence-corrected chi connectivity index (χ2v) is 10.2. The van der Waals surface area contributed by atoms with E-state index in [1.807, 2.05) is 30.3 Å². The Hall–Kier alpha value is -3.40. The number of carbonyl (C=O) groups is 2. The van der Waals surface area contributed by atoms with Crippen molar-refractivity contribution in [3.05, 3.63) is 90.0 Å². The lowest BCUT2D eigenvalue weighted by molar-refractivity contribution is -0.131. The third-order valence-electron chi connectivity index (χ3n) is 7.41. The number of aryl methyl sites for hydroxylation is 1. The van der Waals surface area contributed by atoms with Crippen molar-refractivity contribution in [2.45, 2.75) is 64.7 Å². The topological polar surface area (TPSA) is 55.4 Å². The molecule has 2 atom stereocenters. The van der Waals surface area contributed by atoms with E-state index in [0.29, 0.717) is 6.42 Å². The first kappa shape index (κ1) is 29.2. The minimum Gasteiger partial charge on any atom is -0.497 e. The zero-order valence-electron chi connectivity index (χ0n) is 23.2. The molecule has 0 heterocycles. The van der Waals surface area contributed by atoms with Crippen molar-refractivity contribution >= 4 is 11.7 Å². The molecule has 0 bridgehead atoms. The second-order valence-electron chi connectivity index (χ2n) is 10.2. The lowest BCUT2D eigenvalue weighted by Crippen LogP contribution is -2.32. The van der Waals surface area contributed by atoms with Gasteiger partial charge in [0.05, 0.1) is 7.11 Å². The highest BCUT2D eigenvalue weighted by molar-refractivity contribution is 5.88. The quantitative estimate of drug-likeness (QED) is 0.202. The largest absolute Gasteiger partial charge is 0.497 e. The van der Waals surface area contributed by atoms with Crippen LogP contribution in [0.25, 0.3) is 11.1 Å².